The minimum absolute atomic E-state index is 0.204. The molecule has 156 valence electrons. The van der Waals surface area contributed by atoms with Crippen LogP contribution in [0.25, 0.3) is 0 Å². The van der Waals surface area contributed by atoms with Gasteiger partial charge in [-0.2, -0.15) is 0 Å². The first-order valence-corrected chi connectivity index (χ1v) is 14.1. The van der Waals surface area contributed by atoms with Crippen LogP contribution in [0.4, 0.5) is 0 Å². The smallest absolute Gasteiger partial charge is 0.187 e. The van der Waals surface area contributed by atoms with Crippen molar-refractivity contribution in [2.45, 2.75) is 129 Å². The summed E-state index contributed by atoms with van der Waals surface area (Å²) in [5, 5.41) is 0. The summed E-state index contributed by atoms with van der Waals surface area (Å²) in [7, 11) is 0.767. The van der Waals surface area contributed by atoms with Gasteiger partial charge in [0.1, 0.15) is 0 Å². The third kappa shape index (κ3) is 7.61. The van der Waals surface area contributed by atoms with Crippen LogP contribution in [-0.2, 0) is 9.16 Å². The molecule has 0 spiro atoms. The van der Waals surface area contributed by atoms with E-state index in [0.717, 1.165) is 32.3 Å². The largest absolute Gasteiger partial charge is 0.414 e. The van der Waals surface area contributed by atoms with Gasteiger partial charge in [-0.15, -0.1) is 0 Å². The summed E-state index contributed by atoms with van der Waals surface area (Å²) in [6.45, 7) is 19.5. The van der Waals surface area contributed by atoms with Crippen molar-refractivity contribution in [2.75, 3.05) is 13.7 Å². The highest BCUT2D eigenvalue weighted by atomic mass is 28.4. The maximum atomic E-state index is 6.57. The molecular weight excluding hydrogens is 338 g/mol. The number of hydrogen-bond donors (Lipinski definition) is 0. The normalized spacial score (nSPS) is 22.5. The van der Waals surface area contributed by atoms with Gasteiger partial charge in [-0.3, -0.25) is 4.90 Å². The van der Waals surface area contributed by atoms with Crippen molar-refractivity contribution in [2.24, 2.45) is 0 Å². The first-order chi connectivity index (χ1) is 11.9. The van der Waals surface area contributed by atoms with Gasteiger partial charge in [0.05, 0.1) is 6.10 Å². The van der Waals surface area contributed by atoms with E-state index in [1.165, 1.54) is 25.3 Å². The average molecular weight is 386 g/mol. The molecule has 0 amide bonds. The highest BCUT2D eigenvalue weighted by molar-refractivity contribution is 6.71. The van der Waals surface area contributed by atoms with E-state index in [1.807, 2.05) is 0 Å². The van der Waals surface area contributed by atoms with Crippen molar-refractivity contribution in [3.8, 4) is 0 Å². The van der Waals surface area contributed by atoms with E-state index < -0.39 is 8.32 Å². The summed E-state index contributed by atoms with van der Waals surface area (Å²) >= 11 is 0. The van der Waals surface area contributed by atoms with Gasteiger partial charge < -0.3 is 9.16 Å². The lowest BCUT2D eigenvalue weighted by molar-refractivity contribution is -0.0925. The molecule has 1 unspecified atom stereocenters. The number of likely N-dealkylation sites (tertiary alicyclic amines) is 1. The molecule has 0 aromatic rings. The van der Waals surface area contributed by atoms with Crippen LogP contribution < -0.4 is 0 Å². The Balaban J connectivity index is 2.43. The van der Waals surface area contributed by atoms with Crippen LogP contribution in [0.15, 0.2) is 0 Å². The Morgan fingerprint density at radius 1 is 1.00 bits per heavy atom. The predicted molar refractivity (Wildman–Crippen MR) is 116 cm³/mol. The Morgan fingerprint density at radius 2 is 1.58 bits per heavy atom. The van der Waals surface area contributed by atoms with Gasteiger partial charge in [0, 0.05) is 23.8 Å². The molecule has 4 heteroatoms. The maximum absolute atomic E-state index is 6.57. The fourth-order valence-electron chi connectivity index (χ4n) is 4.65. The van der Waals surface area contributed by atoms with Gasteiger partial charge in [0.25, 0.3) is 0 Å². The second-order valence-corrected chi connectivity index (χ2v) is 14.5. The molecule has 3 nitrogen and oxygen atoms in total. The Morgan fingerprint density at radius 3 is 2.08 bits per heavy atom. The number of piperidine rings is 1. The summed E-state index contributed by atoms with van der Waals surface area (Å²) < 4.78 is 12.9. The molecule has 1 saturated heterocycles. The number of ether oxygens (including phenoxy) is 1. The molecule has 1 heterocycles. The van der Waals surface area contributed by atoms with Crippen LogP contribution in [0.5, 0.6) is 0 Å². The van der Waals surface area contributed by atoms with E-state index in [0.29, 0.717) is 12.2 Å². The maximum Gasteiger partial charge on any atom is 0.187 e. The first-order valence-electron chi connectivity index (χ1n) is 11.0. The molecule has 0 aromatic carbocycles. The Hall–Kier alpha value is 0.0969. The van der Waals surface area contributed by atoms with E-state index in [1.54, 1.807) is 0 Å². The van der Waals surface area contributed by atoms with Gasteiger partial charge in [-0.1, -0.05) is 26.7 Å². The Labute approximate surface area is 165 Å². The summed E-state index contributed by atoms with van der Waals surface area (Å²) in [6, 6.07) is 1.27. The van der Waals surface area contributed by atoms with Crippen molar-refractivity contribution in [1.82, 2.24) is 4.90 Å². The van der Waals surface area contributed by atoms with Gasteiger partial charge >= 0.3 is 0 Å². The molecule has 0 aromatic heterocycles. The molecule has 1 rings (SSSR count). The zero-order chi connectivity index (χ0) is 20.0. The van der Waals surface area contributed by atoms with Crippen LogP contribution >= 0.6 is 0 Å². The lowest BCUT2D eigenvalue weighted by Gasteiger charge is -2.53. The van der Waals surface area contributed by atoms with Gasteiger partial charge in [0.15, 0.2) is 8.32 Å². The van der Waals surface area contributed by atoms with Crippen molar-refractivity contribution in [1.29, 1.82) is 0 Å². The van der Waals surface area contributed by atoms with Crippen molar-refractivity contribution >= 4 is 8.32 Å². The fraction of sp³-hybridized carbons (Fsp3) is 1.00. The molecule has 0 saturated carbocycles. The highest BCUT2D eigenvalue weighted by Crippen LogP contribution is 2.38. The number of hydrogen-bond acceptors (Lipinski definition) is 3. The lowest BCUT2D eigenvalue weighted by Crippen LogP contribution is -2.60. The number of nitrogens with zero attached hydrogens (tertiary/aromatic N) is 1. The van der Waals surface area contributed by atoms with Gasteiger partial charge in [0.2, 0.25) is 0 Å². The summed E-state index contributed by atoms with van der Waals surface area (Å²) in [5.74, 6) is 0. The van der Waals surface area contributed by atoms with Crippen LogP contribution in [-0.4, -0.2) is 50.2 Å². The summed E-state index contributed by atoms with van der Waals surface area (Å²) in [6.07, 6.45) is 8.96. The van der Waals surface area contributed by atoms with Crippen LogP contribution in [0, 0.1) is 0 Å². The monoisotopic (exact) mass is 385 g/mol. The van der Waals surface area contributed by atoms with Crippen molar-refractivity contribution < 1.29 is 9.16 Å². The van der Waals surface area contributed by atoms with Gasteiger partial charge in [-0.05, 0) is 86.0 Å². The van der Waals surface area contributed by atoms with Crippen molar-refractivity contribution in [3.63, 3.8) is 0 Å². The van der Waals surface area contributed by atoms with E-state index in [9.17, 15) is 0 Å². The Bertz CT molecular complexity index is 391. The van der Waals surface area contributed by atoms with Crippen LogP contribution in [0.2, 0.25) is 19.1 Å². The second kappa shape index (κ2) is 10.0. The lowest BCUT2D eigenvalue weighted by atomic mass is 9.79. The van der Waals surface area contributed by atoms with E-state index >= 15 is 0 Å². The topological polar surface area (TPSA) is 21.7 Å². The molecule has 26 heavy (non-hydrogen) atoms. The summed E-state index contributed by atoms with van der Waals surface area (Å²) in [4.78, 5) is 2.52. The van der Waals surface area contributed by atoms with Gasteiger partial charge in [-0.25, -0.2) is 0 Å². The molecule has 1 aliphatic heterocycles. The Kier molecular flexibility index (Phi) is 9.32. The van der Waals surface area contributed by atoms with Crippen LogP contribution in [0.3, 0.4) is 0 Å². The van der Waals surface area contributed by atoms with E-state index in [-0.39, 0.29) is 11.1 Å². The molecule has 0 N–H and O–H groups in total. The minimum atomic E-state index is -1.49. The third-order valence-corrected chi connectivity index (χ3v) is 8.92. The molecule has 0 bridgehead atoms. The van der Waals surface area contributed by atoms with E-state index in [4.69, 9.17) is 9.16 Å². The molecule has 0 aliphatic carbocycles. The first kappa shape index (κ1) is 24.1. The van der Waals surface area contributed by atoms with Crippen LogP contribution in [0.1, 0.15) is 86.5 Å². The molecule has 1 fully saturated rings. The SMILES string of the molecule is CCCC(CCCOC1CC(C)(C)N(C)C(C)(C)C1)O[Si](C)(C)CCC. The third-order valence-electron chi connectivity index (χ3n) is 6.24. The summed E-state index contributed by atoms with van der Waals surface area (Å²) in [5.41, 5.74) is 0.409. The molecule has 1 aliphatic rings. The second-order valence-electron chi connectivity index (χ2n) is 10.3. The fourth-order valence-corrected chi connectivity index (χ4v) is 7.11. The molecule has 1 atom stereocenters. The molecule has 0 radical (unpaired) electrons. The zero-order valence-corrected chi connectivity index (χ0v) is 20.3. The minimum Gasteiger partial charge on any atom is -0.414 e. The average Bonchev–Trinajstić information content (AvgIpc) is 2.48. The molecular formula is C22H47NO2Si. The van der Waals surface area contributed by atoms with Crippen molar-refractivity contribution in [3.05, 3.63) is 0 Å². The zero-order valence-electron chi connectivity index (χ0n) is 19.3. The predicted octanol–water partition coefficient (Wildman–Crippen LogP) is 6.24. The standard InChI is InChI=1S/C22H47NO2Si/c1-10-13-19(25-26(8,9)16-11-2)14-12-15-24-20-17-21(3,4)23(7)22(5,6)18-20/h19-20H,10-18H2,1-9H3. The van der Waals surface area contributed by atoms with E-state index in [2.05, 4.69) is 66.6 Å². The quantitative estimate of drug-likeness (QED) is 0.310. The number of rotatable bonds is 11. The highest BCUT2D eigenvalue weighted by Gasteiger charge is 2.43.